The number of urea groups is 1. The zero-order chi connectivity index (χ0) is 15.5. The van der Waals surface area contributed by atoms with Gasteiger partial charge in [0.2, 0.25) is 0 Å². The summed E-state index contributed by atoms with van der Waals surface area (Å²) in [6, 6.07) is 0.0595. The topological polar surface area (TPSA) is 63.1 Å². The van der Waals surface area contributed by atoms with Crippen molar-refractivity contribution in [2.24, 2.45) is 11.8 Å². The fraction of sp³-hybridized carbons (Fsp3) is 0.812. The van der Waals surface area contributed by atoms with Crippen molar-refractivity contribution in [3.63, 3.8) is 0 Å². The summed E-state index contributed by atoms with van der Waals surface area (Å²) in [5.74, 6) is 1.45. The van der Waals surface area contributed by atoms with Gasteiger partial charge in [-0.3, -0.25) is 0 Å². The Bertz CT molecular complexity index is 519. The van der Waals surface area contributed by atoms with Crippen LogP contribution in [0.2, 0.25) is 0 Å². The van der Waals surface area contributed by atoms with Crippen molar-refractivity contribution >= 4 is 6.03 Å². The molecule has 1 aromatic heterocycles. The second-order valence-corrected chi connectivity index (χ2v) is 6.72. The fourth-order valence-electron chi connectivity index (χ4n) is 2.88. The lowest BCUT2D eigenvalue weighted by Crippen LogP contribution is -2.44. The van der Waals surface area contributed by atoms with E-state index in [1.54, 1.807) is 4.80 Å². The van der Waals surface area contributed by atoms with Gasteiger partial charge in [-0.05, 0) is 51.4 Å². The highest BCUT2D eigenvalue weighted by molar-refractivity contribution is 5.74. The molecule has 0 atom stereocenters. The highest BCUT2D eigenvalue weighted by Gasteiger charge is 2.29. The van der Waals surface area contributed by atoms with Crippen LogP contribution in [0, 0.1) is 18.8 Å². The van der Waals surface area contributed by atoms with Gasteiger partial charge in [-0.25, -0.2) is 4.79 Å². The molecule has 6 heteroatoms. The Kier molecular flexibility index (Phi) is 4.64. The Morgan fingerprint density at radius 1 is 1.23 bits per heavy atom. The molecule has 6 nitrogen and oxygen atoms in total. The van der Waals surface area contributed by atoms with Crippen LogP contribution in [0.5, 0.6) is 0 Å². The van der Waals surface area contributed by atoms with Crippen LogP contribution in [0.15, 0.2) is 0 Å². The minimum atomic E-state index is 0.0595. The maximum Gasteiger partial charge on any atom is 0.317 e. The van der Waals surface area contributed by atoms with Gasteiger partial charge in [0.05, 0.1) is 18.8 Å². The molecule has 0 bridgehead atoms. The Balaban J connectivity index is 1.53. The Labute approximate surface area is 132 Å². The van der Waals surface area contributed by atoms with Crippen LogP contribution in [0.1, 0.15) is 50.4 Å². The number of aryl methyl sites for hydroxylation is 2. The van der Waals surface area contributed by atoms with E-state index in [1.165, 1.54) is 32.1 Å². The molecule has 2 aliphatic rings. The molecule has 1 heterocycles. The van der Waals surface area contributed by atoms with E-state index in [2.05, 4.69) is 15.5 Å². The Hall–Kier alpha value is -1.59. The summed E-state index contributed by atoms with van der Waals surface area (Å²) in [6.07, 6.45) is 6.43. The number of aromatic nitrogens is 3. The van der Waals surface area contributed by atoms with E-state index in [0.717, 1.165) is 36.9 Å². The van der Waals surface area contributed by atoms with E-state index in [9.17, 15) is 4.79 Å². The standard InChI is InChI=1S/C16H27N5O/c1-3-21-18-12(2)15(19-21)9-17-16(22)20(11-14-7-8-14)10-13-5-4-6-13/h13-14H,3-11H2,1-2H3,(H,17,22). The minimum Gasteiger partial charge on any atom is -0.332 e. The van der Waals surface area contributed by atoms with Gasteiger partial charge in [-0.2, -0.15) is 15.0 Å². The SMILES string of the molecule is CCn1nc(C)c(CNC(=O)N(CC2CCC2)CC2CC2)n1. The van der Waals surface area contributed by atoms with Crippen molar-refractivity contribution in [1.29, 1.82) is 0 Å². The first kappa shape index (κ1) is 15.3. The first-order valence-electron chi connectivity index (χ1n) is 8.59. The Morgan fingerprint density at radius 3 is 2.41 bits per heavy atom. The second kappa shape index (κ2) is 6.67. The number of rotatable bonds is 7. The summed E-state index contributed by atoms with van der Waals surface area (Å²) >= 11 is 0. The number of nitrogens with one attached hydrogen (secondary N) is 1. The van der Waals surface area contributed by atoms with Crippen LogP contribution in [-0.2, 0) is 13.1 Å². The Morgan fingerprint density at radius 2 is 1.91 bits per heavy atom. The number of hydrogen-bond acceptors (Lipinski definition) is 3. The van der Waals surface area contributed by atoms with Crippen molar-refractivity contribution in [2.75, 3.05) is 13.1 Å². The van der Waals surface area contributed by atoms with E-state index in [0.29, 0.717) is 12.5 Å². The molecule has 0 unspecified atom stereocenters. The van der Waals surface area contributed by atoms with Crippen molar-refractivity contribution in [3.8, 4) is 0 Å². The smallest absolute Gasteiger partial charge is 0.317 e. The molecule has 1 aromatic rings. The van der Waals surface area contributed by atoms with Crippen LogP contribution >= 0.6 is 0 Å². The third kappa shape index (κ3) is 3.78. The van der Waals surface area contributed by atoms with E-state index in [1.807, 2.05) is 18.7 Å². The van der Waals surface area contributed by atoms with Gasteiger partial charge in [-0.15, -0.1) is 0 Å². The van der Waals surface area contributed by atoms with Crippen LogP contribution < -0.4 is 5.32 Å². The average Bonchev–Trinajstić information content (AvgIpc) is 3.21. The second-order valence-electron chi connectivity index (χ2n) is 6.72. The van der Waals surface area contributed by atoms with Crippen LogP contribution in [-0.4, -0.2) is 39.0 Å². The largest absolute Gasteiger partial charge is 0.332 e. The van der Waals surface area contributed by atoms with E-state index >= 15 is 0 Å². The quantitative estimate of drug-likeness (QED) is 0.841. The molecule has 1 N–H and O–H groups in total. The molecule has 3 rings (SSSR count). The molecular weight excluding hydrogens is 278 g/mol. The molecule has 2 amide bonds. The molecule has 2 fully saturated rings. The lowest BCUT2D eigenvalue weighted by molar-refractivity contribution is 0.164. The van der Waals surface area contributed by atoms with Gasteiger partial charge < -0.3 is 10.2 Å². The third-order valence-electron chi connectivity index (χ3n) is 4.78. The molecule has 0 aliphatic heterocycles. The number of hydrogen-bond donors (Lipinski definition) is 1. The molecule has 0 saturated heterocycles. The first-order valence-corrected chi connectivity index (χ1v) is 8.59. The van der Waals surface area contributed by atoms with Gasteiger partial charge in [0.1, 0.15) is 5.69 Å². The molecule has 2 saturated carbocycles. The lowest BCUT2D eigenvalue weighted by Gasteiger charge is -2.32. The third-order valence-corrected chi connectivity index (χ3v) is 4.78. The predicted octanol–water partition coefficient (Wildman–Crippen LogP) is 2.33. The maximum atomic E-state index is 12.5. The van der Waals surface area contributed by atoms with Gasteiger partial charge in [0.25, 0.3) is 0 Å². The highest BCUT2D eigenvalue weighted by atomic mass is 16.2. The molecule has 0 spiro atoms. The fourth-order valence-corrected chi connectivity index (χ4v) is 2.88. The average molecular weight is 305 g/mol. The maximum absolute atomic E-state index is 12.5. The first-order chi connectivity index (χ1) is 10.7. The van der Waals surface area contributed by atoms with Gasteiger partial charge in [0, 0.05) is 13.1 Å². The molecule has 22 heavy (non-hydrogen) atoms. The number of amides is 2. The van der Waals surface area contributed by atoms with Crippen molar-refractivity contribution < 1.29 is 4.79 Å². The molecular formula is C16H27N5O. The van der Waals surface area contributed by atoms with Gasteiger partial charge >= 0.3 is 6.03 Å². The molecule has 122 valence electrons. The summed E-state index contributed by atoms with van der Waals surface area (Å²) in [7, 11) is 0. The van der Waals surface area contributed by atoms with Gasteiger partial charge in [-0.1, -0.05) is 6.42 Å². The zero-order valence-corrected chi connectivity index (χ0v) is 13.7. The van der Waals surface area contributed by atoms with Crippen molar-refractivity contribution in [2.45, 2.75) is 59.0 Å². The lowest BCUT2D eigenvalue weighted by atomic mass is 9.85. The normalized spacial score (nSPS) is 18.1. The molecule has 0 aromatic carbocycles. The van der Waals surface area contributed by atoms with Crippen molar-refractivity contribution in [1.82, 2.24) is 25.2 Å². The number of carbonyl (C=O) groups excluding carboxylic acids is 1. The van der Waals surface area contributed by atoms with E-state index in [4.69, 9.17) is 0 Å². The van der Waals surface area contributed by atoms with Crippen LogP contribution in [0.25, 0.3) is 0 Å². The summed E-state index contributed by atoms with van der Waals surface area (Å²) < 4.78 is 0. The molecule has 2 aliphatic carbocycles. The van der Waals surface area contributed by atoms with E-state index in [-0.39, 0.29) is 6.03 Å². The van der Waals surface area contributed by atoms with Gasteiger partial charge in [0.15, 0.2) is 0 Å². The number of nitrogens with zero attached hydrogens (tertiary/aromatic N) is 4. The summed E-state index contributed by atoms with van der Waals surface area (Å²) in [4.78, 5) is 16.2. The summed E-state index contributed by atoms with van der Waals surface area (Å²) in [5.41, 5.74) is 1.76. The minimum absolute atomic E-state index is 0.0595. The zero-order valence-electron chi connectivity index (χ0n) is 13.7. The highest BCUT2D eigenvalue weighted by Crippen LogP contribution is 2.32. The van der Waals surface area contributed by atoms with Crippen LogP contribution in [0.3, 0.4) is 0 Å². The monoisotopic (exact) mass is 305 g/mol. The summed E-state index contributed by atoms with van der Waals surface area (Å²) in [5, 5.41) is 11.8. The number of carbonyl (C=O) groups is 1. The predicted molar refractivity (Wildman–Crippen MR) is 84.3 cm³/mol. The summed E-state index contributed by atoms with van der Waals surface area (Å²) in [6.45, 7) is 7.02. The van der Waals surface area contributed by atoms with Crippen LogP contribution in [0.4, 0.5) is 4.79 Å². The van der Waals surface area contributed by atoms with E-state index < -0.39 is 0 Å². The van der Waals surface area contributed by atoms with Crippen molar-refractivity contribution in [3.05, 3.63) is 11.4 Å². The molecule has 0 radical (unpaired) electrons.